The molecule has 0 bridgehead atoms. The molecule has 0 aliphatic carbocycles. The molecule has 1 heterocycles. The van der Waals surface area contributed by atoms with Gasteiger partial charge in [0.05, 0.1) is 0 Å². The Labute approximate surface area is 106 Å². The highest BCUT2D eigenvalue weighted by molar-refractivity contribution is 5.87. The first kappa shape index (κ1) is 12.5. The van der Waals surface area contributed by atoms with E-state index in [1.165, 1.54) is 0 Å². The molecule has 1 aromatic carbocycles. The number of nitrogens with zero attached hydrogens (tertiary/aromatic N) is 1. The number of hydrogen-bond acceptors (Lipinski definition) is 4. The van der Waals surface area contributed by atoms with Gasteiger partial charge in [0, 0.05) is 18.9 Å². The van der Waals surface area contributed by atoms with Crippen LogP contribution >= 0.6 is 0 Å². The largest absolute Gasteiger partial charge is 0.463 e. The van der Waals surface area contributed by atoms with Crippen molar-refractivity contribution < 1.29 is 14.3 Å². The van der Waals surface area contributed by atoms with Crippen molar-refractivity contribution in [3.8, 4) is 5.75 Å². The number of ether oxygens (including phenoxy) is 2. The zero-order valence-electron chi connectivity index (χ0n) is 10.4. The van der Waals surface area contributed by atoms with Crippen molar-refractivity contribution in [1.29, 1.82) is 0 Å². The minimum atomic E-state index is -0.308. The lowest BCUT2D eigenvalue weighted by molar-refractivity contribution is -0.0540. The number of fused-ring (bicyclic) bond motifs is 1. The van der Waals surface area contributed by atoms with Crippen molar-refractivity contribution in [2.24, 2.45) is 0 Å². The van der Waals surface area contributed by atoms with Crippen LogP contribution in [-0.4, -0.2) is 24.7 Å². The lowest BCUT2D eigenvalue weighted by Crippen LogP contribution is -2.17. The van der Waals surface area contributed by atoms with Crippen LogP contribution in [0.3, 0.4) is 0 Å². The van der Waals surface area contributed by atoms with Crippen molar-refractivity contribution in [2.75, 3.05) is 7.11 Å². The van der Waals surface area contributed by atoms with Crippen LogP contribution in [0.2, 0.25) is 0 Å². The topological polar surface area (TPSA) is 48.4 Å². The zero-order chi connectivity index (χ0) is 13.0. The number of para-hydroxylation sites is 1. The van der Waals surface area contributed by atoms with Gasteiger partial charge in [-0.1, -0.05) is 25.1 Å². The first-order valence-electron chi connectivity index (χ1n) is 5.83. The molecular weight excluding hydrogens is 230 g/mol. The summed E-state index contributed by atoms with van der Waals surface area (Å²) in [6, 6.07) is 9.19. The number of rotatable bonds is 5. The fraction of sp³-hybridized carbons (Fsp3) is 0.286. The summed E-state index contributed by atoms with van der Waals surface area (Å²) in [5, 5.41) is 0.934. The maximum absolute atomic E-state index is 10.8. The number of aldehydes is 1. The average molecular weight is 245 g/mol. The van der Waals surface area contributed by atoms with Crippen LogP contribution in [0.5, 0.6) is 5.75 Å². The highest BCUT2D eigenvalue weighted by Crippen LogP contribution is 2.25. The lowest BCUT2D eigenvalue weighted by atomic mass is 10.2. The smallest absolute Gasteiger partial charge is 0.199 e. The number of carbonyl (C=O) groups excluding carboxylic acids is 1. The Balaban J connectivity index is 2.45. The third-order valence-corrected chi connectivity index (χ3v) is 2.68. The number of methoxy groups -OCH3 is 1. The quantitative estimate of drug-likeness (QED) is 0.600. The lowest BCUT2D eigenvalue weighted by Gasteiger charge is -2.16. The van der Waals surface area contributed by atoms with Crippen LogP contribution in [-0.2, 0) is 4.74 Å². The Morgan fingerprint density at radius 2 is 2.17 bits per heavy atom. The minimum absolute atomic E-state index is 0.308. The molecule has 0 fully saturated rings. The Kier molecular flexibility index (Phi) is 3.89. The molecule has 1 unspecified atom stereocenters. The van der Waals surface area contributed by atoms with Crippen LogP contribution in [0.4, 0.5) is 0 Å². The van der Waals surface area contributed by atoms with E-state index in [4.69, 9.17) is 9.47 Å². The van der Waals surface area contributed by atoms with Crippen LogP contribution in [0, 0.1) is 0 Å². The Hall–Kier alpha value is -1.94. The molecule has 2 aromatic rings. The van der Waals surface area contributed by atoms with Gasteiger partial charge in [0.15, 0.2) is 12.6 Å². The Morgan fingerprint density at radius 3 is 2.83 bits per heavy atom. The third kappa shape index (κ3) is 2.49. The minimum Gasteiger partial charge on any atom is -0.463 e. The maximum Gasteiger partial charge on any atom is 0.199 e. The van der Waals surface area contributed by atoms with Gasteiger partial charge in [0.2, 0.25) is 0 Å². The molecule has 0 aliphatic heterocycles. The van der Waals surface area contributed by atoms with Gasteiger partial charge in [0.25, 0.3) is 0 Å². The molecule has 1 aromatic heterocycles. The molecule has 4 heteroatoms. The summed E-state index contributed by atoms with van der Waals surface area (Å²) in [7, 11) is 1.60. The van der Waals surface area contributed by atoms with Gasteiger partial charge in [-0.25, -0.2) is 4.98 Å². The van der Waals surface area contributed by atoms with Crippen molar-refractivity contribution in [1.82, 2.24) is 4.98 Å². The Bertz CT molecular complexity index is 550. The number of aromatic nitrogens is 1. The highest BCUT2D eigenvalue weighted by Gasteiger charge is 2.10. The molecule has 4 nitrogen and oxygen atoms in total. The second kappa shape index (κ2) is 5.60. The van der Waals surface area contributed by atoms with Gasteiger partial charge >= 0.3 is 0 Å². The molecule has 0 radical (unpaired) electrons. The summed E-state index contributed by atoms with van der Waals surface area (Å²) >= 11 is 0. The van der Waals surface area contributed by atoms with Gasteiger partial charge < -0.3 is 9.47 Å². The van der Waals surface area contributed by atoms with Gasteiger partial charge in [-0.15, -0.1) is 0 Å². The zero-order valence-corrected chi connectivity index (χ0v) is 10.4. The predicted molar refractivity (Wildman–Crippen MR) is 68.8 cm³/mol. The van der Waals surface area contributed by atoms with E-state index < -0.39 is 0 Å². The third-order valence-electron chi connectivity index (χ3n) is 2.68. The first-order valence-corrected chi connectivity index (χ1v) is 5.83. The summed E-state index contributed by atoms with van der Waals surface area (Å²) in [6.07, 6.45) is 1.15. The van der Waals surface area contributed by atoms with Gasteiger partial charge in [-0.3, -0.25) is 4.79 Å². The molecule has 0 saturated carbocycles. The normalized spacial score (nSPS) is 12.3. The van der Waals surface area contributed by atoms with E-state index in [0.29, 0.717) is 17.0 Å². The highest BCUT2D eigenvalue weighted by atomic mass is 16.7. The van der Waals surface area contributed by atoms with E-state index in [1.54, 1.807) is 13.2 Å². The fourth-order valence-corrected chi connectivity index (χ4v) is 1.74. The summed E-state index contributed by atoms with van der Waals surface area (Å²) in [5.41, 5.74) is 1.07. The molecule has 2 rings (SSSR count). The van der Waals surface area contributed by atoms with E-state index in [9.17, 15) is 4.79 Å². The molecule has 0 saturated heterocycles. The van der Waals surface area contributed by atoms with Crippen LogP contribution < -0.4 is 4.74 Å². The van der Waals surface area contributed by atoms with Crippen molar-refractivity contribution in [3.05, 3.63) is 36.0 Å². The average Bonchev–Trinajstić information content (AvgIpc) is 2.44. The Morgan fingerprint density at radius 1 is 1.33 bits per heavy atom. The molecule has 0 amide bonds. The van der Waals surface area contributed by atoms with Crippen molar-refractivity contribution >= 4 is 17.2 Å². The number of hydrogen-bond donors (Lipinski definition) is 0. The second-order valence-corrected chi connectivity index (χ2v) is 3.87. The van der Waals surface area contributed by atoms with E-state index in [-0.39, 0.29) is 6.29 Å². The van der Waals surface area contributed by atoms with E-state index >= 15 is 0 Å². The van der Waals surface area contributed by atoms with Crippen LogP contribution in [0.15, 0.2) is 30.3 Å². The molecule has 0 spiro atoms. The summed E-state index contributed by atoms with van der Waals surface area (Å²) in [6.45, 7) is 1.98. The first-order chi connectivity index (χ1) is 8.78. The van der Waals surface area contributed by atoms with Gasteiger partial charge in [-0.05, 0) is 12.1 Å². The molecule has 18 heavy (non-hydrogen) atoms. The van der Waals surface area contributed by atoms with Crippen LogP contribution in [0.1, 0.15) is 23.8 Å². The van der Waals surface area contributed by atoms with Crippen molar-refractivity contribution in [3.63, 3.8) is 0 Å². The molecule has 0 N–H and O–H groups in total. The van der Waals surface area contributed by atoms with Crippen molar-refractivity contribution in [2.45, 2.75) is 19.6 Å². The molecule has 94 valence electrons. The van der Waals surface area contributed by atoms with Gasteiger partial charge in [-0.2, -0.15) is 0 Å². The summed E-state index contributed by atoms with van der Waals surface area (Å²) in [5.74, 6) is 0.630. The SMILES string of the molecule is CCC(OC)Oc1cccc2ccc(C=O)nc12. The molecule has 1 atom stereocenters. The molecular formula is C14H15NO3. The summed E-state index contributed by atoms with van der Waals surface area (Å²) < 4.78 is 10.9. The number of carbonyl (C=O) groups is 1. The predicted octanol–water partition coefficient (Wildman–Crippen LogP) is 2.81. The van der Waals surface area contributed by atoms with Gasteiger partial charge in [0.1, 0.15) is 17.0 Å². The maximum atomic E-state index is 10.8. The van der Waals surface area contributed by atoms with E-state index in [1.807, 2.05) is 31.2 Å². The standard InChI is InChI=1S/C14H15NO3/c1-3-13(17-2)18-12-6-4-5-10-7-8-11(9-16)15-14(10)12/h4-9,13H,3H2,1-2H3. The summed E-state index contributed by atoms with van der Waals surface area (Å²) in [4.78, 5) is 15.0. The van der Waals surface area contributed by atoms with E-state index in [0.717, 1.165) is 18.1 Å². The van der Waals surface area contributed by atoms with E-state index in [2.05, 4.69) is 4.98 Å². The van der Waals surface area contributed by atoms with Crippen LogP contribution in [0.25, 0.3) is 10.9 Å². The fourth-order valence-electron chi connectivity index (χ4n) is 1.74. The molecule has 0 aliphatic rings. The number of pyridine rings is 1. The second-order valence-electron chi connectivity index (χ2n) is 3.87. The number of benzene rings is 1. The monoisotopic (exact) mass is 245 g/mol.